The van der Waals surface area contributed by atoms with Crippen LogP contribution in [-0.4, -0.2) is 24.1 Å². The summed E-state index contributed by atoms with van der Waals surface area (Å²) < 4.78 is 0. The van der Waals surface area contributed by atoms with E-state index in [1.54, 1.807) is 49.0 Å². The Morgan fingerprint density at radius 2 is 1.87 bits per heavy atom. The predicted octanol–water partition coefficient (Wildman–Crippen LogP) is 3.82. The average molecular weight is 349 g/mol. The van der Waals surface area contributed by atoms with Gasteiger partial charge in [-0.3, -0.25) is 9.59 Å². The van der Waals surface area contributed by atoms with E-state index in [-0.39, 0.29) is 11.8 Å². The zero-order valence-electron chi connectivity index (χ0n) is 12.8. The fourth-order valence-corrected chi connectivity index (χ4v) is 2.62. The van der Waals surface area contributed by atoms with Crippen LogP contribution in [0, 0.1) is 0 Å². The minimum Gasteiger partial charge on any atom is -0.340 e. The maximum Gasteiger partial charge on any atom is 0.253 e. The lowest BCUT2D eigenvalue weighted by Gasteiger charge is -2.15. The van der Waals surface area contributed by atoms with Crippen molar-refractivity contribution in [1.29, 1.82) is 0 Å². The summed E-state index contributed by atoms with van der Waals surface area (Å²) in [5, 5.41) is 5.78. The first-order chi connectivity index (χ1) is 11.0. The van der Waals surface area contributed by atoms with Crippen LogP contribution in [0.4, 0.5) is 5.69 Å². The van der Waals surface area contributed by atoms with E-state index < -0.39 is 6.04 Å². The lowest BCUT2D eigenvalue weighted by molar-refractivity contribution is -0.117. The summed E-state index contributed by atoms with van der Waals surface area (Å²) >= 11 is 7.57. The molecule has 6 heteroatoms. The maximum atomic E-state index is 12.2. The largest absolute Gasteiger partial charge is 0.340 e. The van der Waals surface area contributed by atoms with Gasteiger partial charge < -0.3 is 10.6 Å². The molecule has 0 saturated carbocycles. The van der Waals surface area contributed by atoms with E-state index in [1.165, 1.54) is 0 Å². The van der Waals surface area contributed by atoms with E-state index >= 15 is 0 Å². The summed E-state index contributed by atoms with van der Waals surface area (Å²) in [7, 11) is 0. The Labute approximate surface area is 144 Å². The number of carbonyl (C=O) groups excluding carboxylic acids is 2. The molecule has 0 spiro atoms. The second-order valence-electron chi connectivity index (χ2n) is 4.90. The third-order valence-electron chi connectivity index (χ3n) is 3.20. The normalized spacial score (nSPS) is 11.6. The highest BCUT2D eigenvalue weighted by Gasteiger charge is 2.18. The van der Waals surface area contributed by atoms with Gasteiger partial charge in [-0.05, 0) is 43.5 Å². The second kappa shape index (κ2) is 8.04. The zero-order chi connectivity index (χ0) is 16.8. The van der Waals surface area contributed by atoms with Crippen molar-refractivity contribution < 1.29 is 9.59 Å². The Bertz CT molecular complexity index is 721. The van der Waals surface area contributed by atoms with Crippen LogP contribution in [0.3, 0.4) is 0 Å². The second-order valence-corrected chi connectivity index (χ2v) is 6.18. The van der Waals surface area contributed by atoms with Crippen LogP contribution in [0.1, 0.15) is 17.3 Å². The maximum absolute atomic E-state index is 12.2. The van der Waals surface area contributed by atoms with Crippen LogP contribution in [-0.2, 0) is 4.79 Å². The first kappa shape index (κ1) is 17.4. The number of hydrogen-bond acceptors (Lipinski definition) is 3. The number of carbonyl (C=O) groups is 2. The van der Waals surface area contributed by atoms with Gasteiger partial charge in [0, 0.05) is 10.6 Å². The molecule has 0 aliphatic carbocycles. The van der Waals surface area contributed by atoms with Crippen molar-refractivity contribution in [1.82, 2.24) is 5.32 Å². The van der Waals surface area contributed by atoms with Crippen LogP contribution in [0.2, 0.25) is 5.02 Å². The molecule has 0 heterocycles. The molecule has 2 aromatic carbocycles. The van der Waals surface area contributed by atoms with Crippen LogP contribution in [0.5, 0.6) is 0 Å². The van der Waals surface area contributed by atoms with Gasteiger partial charge in [0.05, 0.1) is 10.6 Å². The third kappa shape index (κ3) is 4.74. The predicted molar refractivity (Wildman–Crippen MR) is 95.2 cm³/mol. The monoisotopic (exact) mass is 348 g/mol. The number of amides is 2. The molecule has 0 saturated heterocycles. The molecular weight excluding hydrogens is 332 g/mol. The Morgan fingerprint density at radius 3 is 2.57 bits per heavy atom. The molecule has 0 aromatic heterocycles. The highest BCUT2D eigenvalue weighted by atomic mass is 35.5. The quantitative estimate of drug-likeness (QED) is 0.807. The number of rotatable bonds is 5. The van der Waals surface area contributed by atoms with Gasteiger partial charge in [-0.25, -0.2) is 0 Å². The number of benzene rings is 2. The molecule has 2 N–H and O–H groups in total. The molecule has 2 rings (SSSR count). The Kier molecular flexibility index (Phi) is 6.07. The lowest BCUT2D eigenvalue weighted by Crippen LogP contribution is -2.41. The van der Waals surface area contributed by atoms with Gasteiger partial charge in [0.15, 0.2) is 0 Å². The average Bonchev–Trinajstić information content (AvgIpc) is 2.55. The summed E-state index contributed by atoms with van der Waals surface area (Å²) in [6.07, 6.45) is 1.97. The van der Waals surface area contributed by atoms with Crippen molar-refractivity contribution in [2.75, 3.05) is 11.6 Å². The molecule has 0 aliphatic rings. The molecule has 0 aliphatic heterocycles. The van der Waals surface area contributed by atoms with Gasteiger partial charge in [-0.15, -0.1) is 11.8 Å². The fraction of sp³-hybridized carbons (Fsp3) is 0.176. The first-order valence-corrected chi connectivity index (χ1v) is 8.62. The molecule has 0 radical (unpaired) electrons. The fourth-order valence-electron chi connectivity index (χ4n) is 1.94. The van der Waals surface area contributed by atoms with E-state index in [9.17, 15) is 9.59 Å². The highest BCUT2D eigenvalue weighted by Crippen LogP contribution is 2.19. The number of halogens is 1. The number of thioether (sulfide) groups is 1. The Morgan fingerprint density at radius 1 is 1.13 bits per heavy atom. The van der Waals surface area contributed by atoms with Gasteiger partial charge in [0.2, 0.25) is 5.91 Å². The van der Waals surface area contributed by atoms with Crippen molar-refractivity contribution >= 4 is 40.9 Å². The Hall–Kier alpha value is -1.98. The summed E-state index contributed by atoms with van der Waals surface area (Å²) in [4.78, 5) is 25.4. The molecule has 120 valence electrons. The van der Waals surface area contributed by atoms with Gasteiger partial charge >= 0.3 is 0 Å². The standard InChI is InChI=1S/C17H17ClN2O2S/c1-11(19-17(22)14-8-3-4-9-15(14)18)16(21)20-12-6-5-7-13(10-12)23-2/h3-11H,1-2H3,(H,19,22)(H,20,21)/t11-/m0/s1. The zero-order valence-corrected chi connectivity index (χ0v) is 14.4. The van der Waals surface area contributed by atoms with E-state index in [1.807, 2.05) is 24.5 Å². The van der Waals surface area contributed by atoms with Crippen LogP contribution in [0.15, 0.2) is 53.4 Å². The van der Waals surface area contributed by atoms with Crippen molar-refractivity contribution in [2.45, 2.75) is 17.9 Å². The number of nitrogens with one attached hydrogen (secondary N) is 2. The molecule has 0 bridgehead atoms. The molecule has 0 fully saturated rings. The van der Waals surface area contributed by atoms with Crippen LogP contribution in [0.25, 0.3) is 0 Å². The number of hydrogen-bond donors (Lipinski definition) is 2. The smallest absolute Gasteiger partial charge is 0.253 e. The van der Waals surface area contributed by atoms with Crippen LogP contribution < -0.4 is 10.6 Å². The minimum absolute atomic E-state index is 0.288. The molecule has 2 aromatic rings. The van der Waals surface area contributed by atoms with Crippen LogP contribution >= 0.6 is 23.4 Å². The summed E-state index contributed by atoms with van der Waals surface area (Å²) in [6, 6.07) is 13.5. The lowest BCUT2D eigenvalue weighted by atomic mass is 10.2. The molecular formula is C17H17ClN2O2S. The molecule has 1 atom stereocenters. The minimum atomic E-state index is -0.684. The Balaban J connectivity index is 1.99. The SMILES string of the molecule is CSc1cccc(NC(=O)[C@H](C)NC(=O)c2ccccc2Cl)c1. The van der Waals surface area contributed by atoms with Crippen molar-refractivity contribution in [3.8, 4) is 0 Å². The van der Waals surface area contributed by atoms with E-state index in [2.05, 4.69) is 10.6 Å². The van der Waals surface area contributed by atoms with Crippen molar-refractivity contribution in [3.05, 3.63) is 59.1 Å². The molecule has 23 heavy (non-hydrogen) atoms. The van der Waals surface area contributed by atoms with Crippen molar-refractivity contribution in [3.63, 3.8) is 0 Å². The van der Waals surface area contributed by atoms with Gasteiger partial charge in [0.25, 0.3) is 5.91 Å². The molecule has 2 amide bonds. The summed E-state index contributed by atoms with van der Waals surface area (Å²) in [6.45, 7) is 1.63. The molecule has 0 unspecified atom stereocenters. The van der Waals surface area contributed by atoms with Crippen molar-refractivity contribution in [2.24, 2.45) is 0 Å². The first-order valence-electron chi connectivity index (χ1n) is 7.01. The van der Waals surface area contributed by atoms with Gasteiger partial charge in [-0.2, -0.15) is 0 Å². The van der Waals surface area contributed by atoms with E-state index in [4.69, 9.17) is 11.6 Å². The number of anilines is 1. The summed E-state index contributed by atoms with van der Waals surface area (Å²) in [5.74, 6) is -0.667. The van der Waals surface area contributed by atoms with E-state index in [0.717, 1.165) is 4.90 Å². The molecule has 4 nitrogen and oxygen atoms in total. The highest BCUT2D eigenvalue weighted by molar-refractivity contribution is 7.98. The van der Waals surface area contributed by atoms with E-state index in [0.29, 0.717) is 16.3 Å². The topological polar surface area (TPSA) is 58.2 Å². The van der Waals surface area contributed by atoms with Gasteiger partial charge in [-0.1, -0.05) is 29.8 Å². The summed E-state index contributed by atoms with van der Waals surface area (Å²) in [5.41, 5.74) is 1.04. The third-order valence-corrected chi connectivity index (χ3v) is 4.25. The van der Waals surface area contributed by atoms with Gasteiger partial charge in [0.1, 0.15) is 6.04 Å².